The lowest BCUT2D eigenvalue weighted by molar-refractivity contribution is 0.0126. The summed E-state index contributed by atoms with van der Waals surface area (Å²) in [6.07, 6.45) is 1.14. The summed E-state index contributed by atoms with van der Waals surface area (Å²) >= 11 is 0. The van der Waals surface area contributed by atoms with E-state index in [9.17, 15) is 4.79 Å². The van der Waals surface area contributed by atoms with E-state index in [0.29, 0.717) is 12.0 Å². The second kappa shape index (κ2) is 3.24. The maximum atomic E-state index is 10.7. The zero-order chi connectivity index (χ0) is 9.26. The van der Waals surface area contributed by atoms with E-state index in [0.717, 1.165) is 19.4 Å². The predicted molar refractivity (Wildman–Crippen MR) is 41.9 cm³/mol. The van der Waals surface area contributed by atoms with Crippen molar-refractivity contribution in [2.24, 2.45) is 11.0 Å². The first-order valence-electron chi connectivity index (χ1n) is 4.17. The highest BCUT2D eigenvalue weighted by atomic mass is 16.6. The van der Waals surface area contributed by atoms with Gasteiger partial charge in [0.1, 0.15) is 6.10 Å². The third kappa shape index (κ3) is 1.91. The van der Waals surface area contributed by atoms with E-state index in [1.807, 2.05) is 0 Å². The quantitative estimate of drug-likeness (QED) is 0.282. The Balaban J connectivity index is 1.68. The fourth-order valence-electron chi connectivity index (χ4n) is 1.54. The molecule has 1 aliphatic heterocycles. The Hall–Kier alpha value is -1.26. The molecule has 2 rings (SSSR count). The molecule has 1 amide bonds. The Kier molecular flexibility index (Phi) is 2.08. The highest BCUT2D eigenvalue weighted by Gasteiger charge is 2.43. The fourth-order valence-corrected chi connectivity index (χ4v) is 1.54. The summed E-state index contributed by atoms with van der Waals surface area (Å²) in [4.78, 5) is 13.0. The number of rotatable bonds is 2. The molecule has 13 heavy (non-hydrogen) atoms. The molecule has 70 valence electrons. The zero-order valence-electron chi connectivity index (χ0n) is 6.92. The lowest BCUT2D eigenvalue weighted by Crippen LogP contribution is -2.35. The van der Waals surface area contributed by atoms with Gasteiger partial charge in [0.15, 0.2) is 0 Å². The van der Waals surface area contributed by atoms with Crippen molar-refractivity contribution in [3.8, 4) is 0 Å². The summed E-state index contributed by atoms with van der Waals surface area (Å²) in [5.41, 5.74) is 7.93. The van der Waals surface area contributed by atoms with E-state index in [1.165, 1.54) is 0 Å². The van der Waals surface area contributed by atoms with Crippen LogP contribution in [0.25, 0.3) is 10.4 Å². The lowest BCUT2D eigenvalue weighted by Gasteiger charge is -2.32. The second-order valence-electron chi connectivity index (χ2n) is 3.30. The maximum absolute atomic E-state index is 10.7. The molecule has 2 fully saturated rings. The molecule has 1 unspecified atom stereocenters. The van der Waals surface area contributed by atoms with Gasteiger partial charge in [0.25, 0.3) is 0 Å². The topological polar surface area (TPSA) is 87.6 Å². The Bertz CT molecular complexity index is 264. The summed E-state index contributed by atoms with van der Waals surface area (Å²) in [5.74, 6) is 0.531. The summed E-state index contributed by atoms with van der Waals surface area (Å²) < 4.78 is 9.91. The van der Waals surface area contributed by atoms with Crippen molar-refractivity contribution < 1.29 is 14.3 Å². The third-order valence-corrected chi connectivity index (χ3v) is 2.41. The Morgan fingerprint density at radius 1 is 1.62 bits per heavy atom. The van der Waals surface area contributed by atoms with Gasteiger partial charge >= 0.3 is 6.09 Å². The lowest BCUT2D eigenvalue weighted by atomic mass is 9.80. The summed E-state index contributed by atoms with van der Waals surface area (Å²) in [6, 6.07) is 0. The summed E-state index contributed by atoms with van der Waals surface area (Å²) in [5, 5.41) is 2.82. The molecule has 0 spiro atoms. The van der Waals surface area contributed by atoms with E-state index in [4.69, 9.17) is 15.0 Å². The van der Waals surface area contributed by atoms with Crippen molar-refractivity contribution in [2.45, 2.75) is 25.0 Å². The van der Waals surface area contributed by atoms with Crippen LogP contribution in [0.15, 0.2) is 5.11 Å². The zero-order valence-corrected chi connectivity index (χ0v) is 6.92. The van der Waals surface area contributed by atoms with Gasteiger partial charge in [-0.05, 0) is 24.3 Å². The van der Waals surface area contributed by atoms with Crippen molar-refractivity contribution in [1.29, 1.82) is 0 Å². The van der Waals surface area contributed by atoms with Gasteiger partial charge in [0.05, 0.1) is 12.7 Å². The first-order valence-corrected chi connectivity index (χ1v) is 4.17. The van der Waals surface area contributed by atoms with Crippen molar-refractivity contribution in [1.82, 2.24) is 0 Å². The predicted octanol–water partition coefficient (Wildman–Crippen LogP) is 1.61. The van der Waals surface area contributed by atoms with Crippen molar-refractivity contribution in [3.05, 3.63) is 10.4 Å². The molecule has 0 bridgehead atoms. The molecule has 1 atom stereocenters. The van der Waals surface area contributed by atoms with Gasteiger partial charge in [-0.1, -0.05) is 0 Å². The van der Waals surface area contributed by atoms with Crippen molar-refractivity contribution in [2.75, 3.05) is 6.61 Å². The van der Waals surface area contributed by atoms with Gasteiger partial charge in [-0.3, -0.25) is 0 Å². The molecule has 0 aromatic heterocycles. The molecule has 6 nitrogen and oxygen atoms in total. The van der Waals surface area contributed by atoms with E-state index < -0.39 is 6.09 Å². The van der Waals surface area contributed by atoms with Gasteiger partial charge in [0.2, 0.25) is 0 Å². The molecular weight excluding hydrogens is 174 g/mol. The largest absolute Gasteiger partial charge is 0.458 e. The van der Waals surface area contributed by atoms with Gasteiger partial charge in [-0.25, -0.2) is 4.79 Å². The Morgan fingerprint density at radius 2 is 2.31 bits per heavy atom. The summed E-state index contributed by atoms with van der Waals surface area (Å²) in [6.45, 7) is 0.835. The number of hydrogen-bond donors (Lipinski definition) is 0. The van der Waals surface area contributed by atoms with Gasteiger partial charge in [0, 0.05) is 10.0 Å². The minimum atomic E-state index is -0.831. The molecule has 1 heterocycles. The molecule has 1 saturated heterocycles. The van der Waals surface area contributed by atoms with Crippen LogP contribution in [0.2, 0.25) is 0 Å². The van der Waals surface area contributed by atoms with E-state index >= 15 is 0 Å². The van der Waals surface area contributed by atoms with E-state index in [2.05, 4.69) is 10.0 Å². The molecule has 2 aliphatic rings. The minimum absolute atomic E-state index is 0.0767. The highest BCUT2D eigenvalue weighted by Crippen LogP contribution is 2.38. The number of carbonyl (C=O) groups excluding carboxylic acids is 1. The summed E-state index contributed by atoms with van der Waals surface area (Å²) in [7, 11) is 0. The molecule has 6 heteroatoms. The van der Waals surface area contributed by atoms with Crippen LogP contribution < -0.4 is 0 Å². The molecule has 1 saturated carbocycles. The highest BCUT2D eigenvalue weighted by molar-refractivity contribution is 5.68. The molecule has 0 aromatic carbocycles. The van der Waals surface area contributed by atoms with Crippen LogP contribution in [0.4, 0.5) is 4.79 Å². The third-order valence-electron chi connectivity index (χ3n) is 2.41. The van der Waals surface area contributed by atoms with Gasteiger partial charge < -0.3 is 9.47 Å². The van der Waals surface area contributed by atoms with Crippen molar-refractivity contribution in [3.63, 3.8) is 0 Å². The number of epoxide rings is 1. The SMILES string of the molecule is [N-]=[N+]=NC(=O)OC1CC(C2CO2)C1. The van der Waals surface area contributed by atoms with Crippen LogP contribution in [0.1, 0.15) is 12.8 Å². The maximum Gasteiger partial charge on any atom is 0.397 e. The number of azide groups is 1. The smallest absolute Gasteiger partial charge is 0.397 e. The van der Waals surface area contributed by atoms with Crippen LogP contribution in [0, 0.1) is 5.92 Å². The Labute approximate surface area is 74.4 Å². The van der Waals surface area contributed by atoms with Crippen LogP contribution in [0.5, 0.6) is 0 Å². The monoisotopic (exact) mass is 183 g/mol. The van der Waals surface area contributed by atoms with Crippen LogP contribution in [-0.4, -0.2) is 24.9 Å². The number of carbonyl (C=O) groups is 1. The van der Waals surface area contributed by atoms with Gasteiger partial charge in [-0.15, -0.1) is 0 Å². The van der Waals surface area contributed by atoms with Crippen LogP contribution >= 0.6 is 0 Å². The molecule has 0 radical (unpaired) electrons. The van der Waals surface area contributed by atoms with Crippen LogP contribution in [0.3, 0.4) is 0 Å². The normalized spacial score (nSPS) is 35.5. The molecule has 1 aliphatic carbocycles. The number of amides is 1. The minimum Gasteiger partial charge on any atom is -0.458 e. The average Bonchev–Trinajstić information content (AvgIpc) is 2.79. The fraction of sp³-hybridized carbons (Fsp3) is 0.857. The first-order chi connectivity index (χ1) is 6.29. The number of hydrogen-bond acceptors (Lipinski definition) is 3. The van der Waals surface area contributed by atoms with Crippen molar-refractivity contribution >= 4 is 6.09 Å². The first kappa shape index (κ1) is 8.34. The van der Waals surface area contributed by atoms with Crippen LogP contribution in [-0.2, 0) is 9.47 Å². The molecular formula is C7H9N3O3. The Morgan fingerprint density at radius 3 is 2.85 bits per heavy atom. The number of ether oxygens (including phenoxy) is 2. The molecule has 0 N–H and O–H groups in total. The standard InChI is InChI=1S/C7H9N3O3/c8-10-9-7(11)13-5-1-4(2-5)6-3-12-6/h4-6H,1-3H2. The van der Waals surface area contributed by atoms with Gasteiger partial charge in [-0.2, -0.15) is 0 Å². The average molecular weight is 183 g/mol. The van der Waals surface area contributed by atoms with E-state index in [1.54, 1.807) is 0 Å². The second-order valence-corrected chi connectivity index (χ2v) is 3.30. The van der Waals surface area contributed by atoms with E-state index in [-0.39, 0.29) is 6.10 Å². The molecule has 0 aromatic rings. The number of nitrogens with zero attached hydrogens (tertiary/aromatic N) is 3.